The monoisotopic (exact) mass is 306 g/mol. The molecule has 0 aromatic heterocycles. The van der Waals surface area contributed by atoms with E-state index in [1.807, 2.05) is 6.07 Å². The van der Waals surface area contributed by atoms with Crippen LogP contribution in [0.15, 0.2) is 59.6 Å². The summed E-state index contributed by atoms with van der Waals surface area (Å²) in [4.78, 5) is 5.02. The smallest absolute Gasteiger partial charge is 0.105 e. The van der Waals surface area contributed by atoms with Crippen LogP contribution in [-0.2, 0) is 0 Å². The Morgan fingerprint density at radius 1 is 1.04 bits per heavy atom. The molecule has 1 aliphatic rings. The fraction of sp³-hybridized carbons (Fsp3) is 0.381. The summed E-state index contributed by atoms with van der Waals surface area (Å²) in [5.41, 5.74) is 3.78. The van der Waals surface area contributed by atoms with Gasteiger partial charge in [0.1, 0.15) is 5.84 Å². The van der Waals surface area contributed by atoms with Crippen molar-refractivity contribution in [2.45, 2.75) is 45.6 Å². The number of aryl methyl sites for hydroxylation is 1. The summed E-state index contributed by atoms with van der Waals surface area (Å²) in [6.07, 6.45) is 4.85. The Labute approximate surface area is 139 Å². The number of nitrogens with zero attached hydrogens (tertiary/aromatic N) is 1. The molecule has 0 spiro atoms. The summed E-state index contributed by atoms with van der Waals surface area (Å²) >= 11 is 0. The van der Waals surface area contributed by atoms with Crippen molar-refractivity contribution in [2.75, 3.05) is 5.32 Å². The predicted octanol–water partition coefficient (Wildman–Crippen LogP) is 5.76. The molecule has 2 aromatic carbocycles. The van der Waals surface area contributed by atoms with Crippen molar-refractivity contribution >= 4 is 11.5 Å². The Balaban J connectivity index is 1.79. The van der Waals surface area contributed by atoms with Crippen LogP contribution in [0.5, 0.6) is 0 Å². The molecule has 1 aliphatic heterocycles. The summed E-state index contributed by atoms with van der Waals surface area (Å²) in [6.45, 7) is 4.39. The summed E-state index contributed by atoms with van der Waals surface area (Å²) < 4.78 is 0. The van der Waals surface area contributed by atoms with Gasteiger partial charge in [-0.25, -0.2) is 0 Å². The Hall–Kier alpha value is -2.09. The fourth-order valence-corrected chi connectivity index (χ4v) is 3.22. The van der Waals surface area contributed by atoms with Gasteiger partial charge in [-0.05, 0) is 37.5 Å². The van der Waals surface area contributed by atoms with Crippen LogP contribution in [0.4, 0.5) is 5.69 Å². The van der Waals surface area contributed by atoms with Crippen LogP contribution < -0.4 is 5.32 Å². The zero-order valence-corrected chi connectivity index (χ0v) is 14.1. The molecule has 2 heteroatoms. The van der Waals surface area contributed by atoms with Crippen LogP contribution >= 0.6 is 0 Å². The van der Waals surface area contributed by atoms with Crippen LogP contribution in [-0.4, -0.2) is 5.84 Å². The van der Waals surface area contributed by atoms with E-state index in [9.17, 15) is 0 Å². The molecule has 0 radical (unpaired) electrons. The first kappa shape index (κ1) is 15.8. The average Bonchev–Trinajstić information content (AvgIpc) is 2.97. The molecule has 0 saturated heterocycles. The average molecular weight is 306 g/mol. The van der Waals surface area contributed by atoms with Crippen LogP contribution in [0.3, 0.4) is 0 Å². The number of para-hydroxylation sites is 1. The first-order chi connectivity index (χ1) is 11.3. The van der Waals surface area contributed by atoms with Gasteiger partial charge in [-0.1, -0.05) is 67.8 Å². The highest BCUT2D eigenvalue weighted by Gasteiger charge is 2.28. The van der Waals surface area contributed by atoms with E-state index in [1.165, 1.54) is 30.4 Å². The first-order valence-electron chi connectivity index (χ1n) is 8.72. The maximum atomic E-state index is 5.02. The van der Waals surface area contributed by atoms with E-state index in [1.54, 1.807) is 0 Å². The fourth-order valence-electron chi connectivity index (χ4n) is 3.22. The lowest BCUT2D eigenvalue weighted by molar-refractivity contribution is 0.532. The summed E-state index contributed by atoms with van der Waals surface area (Å²) in [5.74, 6) is 1.71. The molecule has 2 nitrogen and oxygen atoms in total. The molecule has 0 amide bonds. The molecule has 1 heterocycles. The zero-order valence-electron chi connectivity index (χ0n) is 14.1. The van der Waals surface area contributed by atoms with Gasteiger partial charge in [0.15, 0.2) is 0 Å². The molecule has 1 N–H and O–H groups in total. The van der Waals surface area contributed by atoms with Crippen LogP contribution in [0.1, 0.15) is 49.8 Å². The first-order valence-corrected chi connectivity index (χ1v) is 8.72. The van der Waals surface area contributed by atoms with Gasteiger partial charge < -0.3 is 5.32 Å². The molecule has 120 valence electrons. The van der Waals surface area contributed by atoms with E-state index in [0.717, 1.165) is 17.9 Å². The highest BCUT2D eigenvalue weighted by Crippen LogP contribution is 2.35. The molecular formula is C21H26N2. The minimum Gasteiger partial charge on any atom is -0.344 e. The third kappa shape index (κ3) is 4.01. The Bertz CT molecular complexity index is 643. The Morgan fingerprint density at radius 3 is 2.48 bits per heavy atom. The van der Waals surface area contributed by atoms with Crippen LogP contribution in [0.2, 0.25) is 0 Å². The summed E-state index contributed by atoms with van der Waals surface area (Å²) in [7, 11) is 0. The standard InChI is InChI=1S/C21H26N2/c1-3-4-8-18-15-20(17-13-11-16(2)12-14-17)23-21(18)22-19-9-6-5-7-10-19/h5-7,9-14,18,20H,3-4,8,15H2,1-2H3,(H,22,23). The molecule has 0 bridgehead atoms. The molecule has 2 aromatic rings. The molecule has 2 atom stereocenters. The minimum atomic E-state index is 0.295. The number of aliphatic imine (C=N–C) groups is 1. The van der Waals surface area contributed by atoms with Gasteiger partial charge in [0.25, 0.3) is 0 Å². The molecule has 23 heavy (non-hydrogen) atoms. The Kier molecular flexibility index (Phi) is 5.12. The lowest BCUT2D eigenvalue weighted by Gasteiger charge is -2.14. The van der Waals surface area contributed by atoms with Crippen molar-refractivity contribution in [1.29, 1.82) is 0 Å². The SMILES string of the molecule is CCCCC1CC(c2ccc(C)cc2)N=C1Nc1ccccc1. The summed E-state index contributed by atoms with van der Waals surface area (Å²) in [5, 5.41) is 3.56. The maximum Gasteiger partial charge on any atom is 0.105 e. The van der Waals surface area contributed by atoms with Crippen molar-refractivity contribution in [3.05, 3.63) is 65.7 Å². The van der Waals surface area contributed by atoms with E-state index in [2.05, 4.69) is 67.7 Å². The number of rotatable bonds is 5. The van der Waals surface area contributed by atoms with E-state index in [4.69, 9.17) is 4.99 Å². The normalized spacial score (nSPS) is 20.3. The van der Waals surface area contributed by atoms with E-state index >= 15 is 0 Å². The number of amidine groups is 1. The van der Waals surface area contributed by atoms with Gasteiger partial charge in [-0.15, -0.1) is 0 Å². The van der Waals surface area contributed by atoms with Crippen molar-refractivity contribution in [2.24, 2.45) is 10.9 Å². The number of hydrogen-bond donors (Lipinski definition) is 1. The van der Waals surface area contributed by atoms with Gasteiger partial charge in [-0.3, -0.25) is 4.99 Å². The zero-order chi connectivity index (χ0) is 16.1. The second-order valence-electron chi connectivity index (χ2n) is 6.51. The molecule has 0 saturated carbocycles. The molecule has 2 unspecified atom stereocenters. The van der Waals surface area contributed by atoms with Gasteiger partial charge >= 0.3 is 0 Å². The van der Waals surface area contributed by atoms with Crippen molar-refractivity contribution in [1.82, 2.24) is 0 Å². The minimum absolute atomic E-state index is 0.295. The predicted molar refractivity (Wildman–Crippen MR) is 99.1 cm³/mol. The molecule has 3 rings (SSSR count). The van der Waals surface area contributed by atoms with E-state index in [-0.39, 0.29) is 0 Å². The lowest BCUT2D eigenvalue weighted by atomic mass is 9.93. The van der Waals surface area contributed by atoms with Crippen molar-refractivity contribution in [3.63, 3.8) is 0 Å². The second-order valence-corrected chi connectivity index (χ2v) is 6.51. The van der Waals surface area contributed by atoms with Crippen molar-refractivity contribution in [3.8, 4) is 0 Å². The van der Waals surface area contributed by atoms with Gasteiger partial charge in [0, 0.05) is 11.6 Å². The highest BCUT2D eigenvalue weighted by molar-refractivity contribution is 5.98. The topological polar surface area (TPSA) is 24.4 Å². The van der Waals surface area contributed by atoms with Gasteiger partial charge in [0.2, 0.25) is 0 Å². The molecule has 0 fully saturated rings. The highest BCUT2D eigenvalue weighted by atomic mass is 15.0. The largest absolute Gasteiger partial charge is 0.344 e. The quantitative estimate of drug-likeness (QED) is 0.746. The number of hydrogen-bond acceptors (Lipinski definition) is 2. The van der Waals surface area contributed by atoms with Gasteiger partial charge in [0.05, 0.1) is 6.04 Å². The number of benzene rings is 2. The molecular weight excluding hydrogens is 280 g/mol. The summed E-state index contributed by atoms with van der Waals surface area (Å²) in [6, 6.07) is 19.5. The van der Waals surface area contributed by atoms with E-state index in [0.29, 0.717) is 12.0 Å². The molecule has 0 aliphatic carbocycles. The lowest BCUT2D eigenvalue weighted by Crippen LogP contribution is -2.19. The maximum absolute atomic E-state index is 5.02. The number of nitrogens with one attached hydrogen (secondary N) is 1. The third-order valence-electron chi connectivity index (χ3n) is 4.60. The van der Waals surface area contributed by atoms with Crippen LogP contribution in [0.25, 0.3) is 0 Å². The van der Waals surface area contributed by atoms with E-state index < -0.39 is 0 Å². The van der Waals surface area contributed by atoms with Crippen LogP contribution in [0, 0.1) is 12.8 Å². The Morgan fingerprint density at radius 2 is 1.78 bits per heavy atom. The second kappa shape index (κ2) is 7.45. The van der Waals surface area contributed by atoms with Gasteiger partial charge in [-0.2, -0.15) is 0 Å². The third-order valence-corrected chi connectivity index (χ3v) is 4.60. The number of anilines is 1. The van der Waals surface area contributed by atoms with Crippen molar-refractivity contribution < 1.29 is 0 Å². The number of unbranched alkanes of at least 4 members (excludes halogenated alkanes) is 1.